The monoisotopic (exact) mass is 274 g/mol. The highest BCUT2D eigenvalue weighted by Crippen LogP contribution is 2.23. The maximum Gasteiger partial charge on any atom is 0.266 e. The first-order valence-electron chi connectivity index (χ1n) is 5.58. The molecule has 2 aromatic rings. The molecule has 1 aromatic heterocycles. The molecule has 6 heteroatoms. The van der Waals surface area contributed by atoms with Crippen molar-refractivity contribution in [3.05, 3.63) is 57.4 Å². The van der Waals surface area contributed by atoms with Gasteiger partial charge in [-0.2, -0.15) is 5.26 Å². The number of benzene rings is 1. The zero-order valence-corrected chi connectivity index (χ0v) is 10.3. The van der Waals surface area contributed by atoms with Crippen molar-refractivity contribution in [2.45, 2.75) is 6.92 Å². The fraction of sp³-hybridized carbons (Fsp3) is 0.0714. The van der Waals surface area contributed by atoms with Gasteiger partial charge in [-0.15, -0.1) is 0 Å². The molecule has 0 unspecified atom stereocenters. The van der Waals surface area contributed by atoms with Crippen LogP contribution in [0.25, 0.3) is 11.3 Å². The summed E-state index contributed by atoms with van der Waals surface area (Å²) in [7, 11) is 0. The number of halogens is 2. The second kappa shape index (κ2) is 5.05. The van der Waals surface area contributed by atoms with Crippen LogP contribution in [-0.2, 0) is 0 Å². The van der Waals surface area contributed by atoms with Gasteiger partial charge in [-0.3, -0.25) is 9.59 Å². The van der Waals surface area contributed by atoms with E-state index in [2.05, 4.69) is 4.98 Å². The van der Waals surface area contributed by atoms with Crippen LogP contribution in [0, 0.1) is 23.0 Å². The Balaban J connectivity index is 2.76. The smallest absolute Gasteiger partial charge is 0.266 e. The van der Waals surface area contributed by atoms with Gasteiger partial charge < -0.3 is 4.98 Å². The molecule has 4 nitrogen and oxygen atoms in total. The molecule has 0 aliphatic heterocycles. The maximum absolute atomic E-state index is 13.2. The quantitative estimate of drug-likeness (QED) is 0.854. The number of rotatable bonds is 2. The molecular weight excluding hydrogens is 266 g/mol. The van der Waals surface area contributed by atoms with Gasteiger partial charge in [0.25, 0.3) is 5.56 Å². The van der Waals surface area contributed by atoms with Gasteiger partial charge in [0.2, 0.25) is 0 Å². The van der Waals surface area contributed by atoms with Crippen molar-refractivity contribution in [2.24, 2.45) is 0 Å². The first-order valence-corrected chi connectivity index (χ1v) is 5.58. The maximum atomic E-state index is 13.2. The number of hydrogen-bond donors (Lipinski definition) is 1. The molecular formula is C14H8F2N2O2. The van der Waals surface area contributed by atoms with Gasteiger partial charge in [0, 0.05) is 11.1 Å². The average Bonchev–Trinajstić information content (AvgIpc) is 2.41. The minimum atomic E-state index is -1.10. The Hall–Kier alpha value is -2.81. The predicted octanol–water partition coefficient (Wildman–Crippen LogP) is 2.39. The second-order valence-corrected chi connectivity index (χ2v) is 4.10. The van der Waals surface area contributed by atoms with Crippen molar-refractivity contribution in [1.82, 2.24) is 4.98 Å². The molecule has 20 heavy (non-hydrogen) atoms. The lowest BCUT2D eigenvalue weighted by Gasteiger charge is -2.08. The molecule has 0 atom stereocenters. The number of aromatic amines is 1. The highest BCUT2D eigenvalue weighted by molar-refractivity contribution is 6.00. The third kappa shape index (κ3) is 2.34. The third-order valence-corrected chi connectivity index (χ3v) is 2.75. The van der Waals surface area contributed by atoms with E-state index < -0.39 is 23.0 Å². The molecule has 0 spiro atoms. The van der Waals surface area contributed by atoms with Crippen LogP contribution in [0.4, 0.5) is 8.78 Å². The molecule has 2 rings (SSSR count). The number of ketones is 1. The first-order chi connectivity index (χ1) is 9.43. The number of aromatic nitrogens is 1. The Morgan fingerprint density at radius 2 is 1.95 bits per heavy atom. The fourth-order valence-electron chi connectivity index (χ4n) is 1.77. The lowest BCUT2D eigenvalue weighted by atomic mass is 10.0. The number of carbonyl (C=O) groups excluding carboxylic acids is 1. The topological polar surface area (TPSA) is 73.7 Å². The Bertz CT molecular complexity index is 804. The molecule has 100 valence electrons. The summed E-state index contributed by atoms with van der Waals surface area (Å²) in [5.41, 5.74) is -0.651. The number of nitrogens with one attached hydrogen (secondary N) is 1. The molecule has 0 saturated heterocycles. The second-order valence-electron chi connectivity index (χ2n) is 4.10. The number of nitriles is 1. The third-order valence-electron chi connectivity index (χ3n) is 2.75. The summed E-state index contributed by atoms with van der Waals surface area (Å²) in [6.45, 7) is 1.25. The standard InChI is InChI=1S/C14H8F2N2O2/c1-7(19)10-4-9(6-17)14(20)18-13(10)8-2-3-11(15)12(16)5-8/h2-5H,1H3,(H,18,20). The number of carbonyl (C=O) groups is 1. The van der Waals surface area contributed by atoms with E-state index in [-0.39, 0.29) is 22.4 Å². The molecule has 0 saturated carbocycles. The van der Waals surface area contributed by atoms with Gasteiger partial charge in [-0.1, -0.05) is 0 Å². The summed E-state index contributed by atoms with van der Waals surface area (Å²) in [6.07, 6.45) is 0. The van der Waals surface area contributed by atoms with E-state index in [9.17, 15) is 18.4 Å². The highest BCUT2D eigenvalue weighted by Gasteiger charge is 2.15. The van der Waals surface area contributed by atoms with Crippen LogP contribution < -0.4 is 5.56 Å². The van der Waals surface area contributed by atoms with Crippen molar-refractivity contribution >= 4 is 5.78 Å². The molecule has 0 fully saturated rings. The largest absolute Gasteiger partial charge is 0.320 e. The Kier molecular flexibility index (Phi) is 3.44. The van der Waals surface area contributed by atoms with E-state index in [4.69, 9.17) is 5.26 Å². The minimum absolute atomic E-state index is 0.0559. The highest BCUT2D eigenvalue weighted by atomic mass is 19.2. The van der Waals surface area contributed by atoms with E-state index >= 15 is 0 Å². The molecule has 0 amide bonds. The zero-order valence-electron chi connectivity index (χ0n) is 10.3. The molecule has 1 heterocycles. The van der Waals surface area contributed by atoms with Gasteiger partial charge >= 0.3 is 0 Å². The van der Waals surface area contributed by atoms with Crippen LogP contribution in [-0.4, -0.2) is 10.8 Å². The normalized spacial score (nSPS) is 10.1. The summed E-state index contributed by atoms with van der Waals surface area (Å²) < 4.78 is 26.2. The van der Waals surface area contributed by atoms with Crippen LogP contribution in [0.1, 0.15) is 22.8 Å². The Labute approximate surface area is 112 Å². The van der Waals surface area contributed by atoms with Crippen LogP contribution >= 0.6 is 0 Å². The van der Waals surface area contributed by atoms with Crippen molar-refractivity contribution in [3.8, 4) is 17.3 Å². The summed E-state index contributed by atoms with van der Waals surface area (Å²) in [5.74, 6) is -2.53. The van der Waals surface area contributed by atoms with Crippen LogP contribution in [0.3, 0.4) is 0 Å². The predicted molar refractivity (Wildman–Crippen MR) is 67.1 cm³/mol. The molecule has 0 aliphatic rings. The summed E-state index contributed by atoms with van der Waals surface area (Å²) in [5, 5.41) is 8.78. The number of pyridine rings is 1. The van der Waals surface area contributed by atoms with E-state index in [1.54, 1.807) is 6.07 Å². The zero-order chi connectivity index (χ0) is 14.9. The lowest BCUT2D eigenvalue weighted by Crippen LogP contribution is -2.14. The van der Waals surface area contributed by atoms with Crippen LogP contribution in [0.15, 0.2) is 29.1 Å². The molecule has 1 aromatic carbocycles. The summed E-state index contributed by atoms with van der Waals surface area (Å²) in [4.78, 5) is 25.5. The Morgan fingerprint density at radius 1 is 1.25 bits per heavy atom. The Morgan fingerprint density at radius 3 is 2.50 bits per heavy atom. The van der Waals surface area contributed by atoms with Crippen molar-refractivity contribution in [1.29, 1.82) is 5.26 Å². The molecule has 0 radical (unpaired) electrons. The first kappa shape index (κ1) is 13.6. The van der Waals surface area contributed by atoms with Gasteiger partial charge in [-0.25, -0.2) is 8.78 Å². The van der Waals surface area contributed by atoms with Gasteiger partial charge in [0.05, 0.1) is 5.69 Å². The van der Waals surface area contributed by atoms with E-state index in [0.717, 1.165) is 18.2 Å². The van der Waals surface area contributed by atoms with Crippen LogP contribution in [0.5, 0.6) is 0 Å². The van der Waals surface area contributed by atoms with Crippen LogP contribution in [0.2, 0.25) is 0 Å². The number of nitrogens with zero attached hydrogens (tertiary/aromatic N) is 1. The number of H-pyrrole nitrogens is 1. The number of Topliss-reactive ketones (excluding diaryl/α,β-unsaturated/α-hetero) is 1. The van der Waals surface area contributed by atoms with Crippen molar-refractivity contribution in [2.75, 3.05) is 0 Å². The average molecular weight is 274 g/mol. The summed E-state index contributed by atoms with van der Waals surface area (Å²) in [6, 6.07) is 5.80. The van der Waals surface area contributed by atoms with Gasteiger partial charge in [0.1, 0.15) is 11.6 Å². The fourth-order valence-corrected chi connectivity index (χ4v) is 1.77. The minimum Gasteiger partial charge on any atom is -0.320 e. The van der Waals surface area contributed by atoms with Gasteiger partial charge in [-0.05, 0) is 31.2 Å². The van der Waals surface area contributed by atoms with Crippen molar-refractivity contribution in [3.63, 3.8) is 0 Å². The van der Waals surface area contributed by atoms with E-state index in [1.165, 1.54) is 13.0 Å². The van der Waals surface area contributed by atoms with Crippen molar-refractivity contribution < 1.29 is 13.6 Å². The molecule has 1 N–H and O–H groups in total. The van der Waals surface area contributed by atoms with E-state index in [0.29, 0.717) is 0 Å². The van der Waals surface area contributed by atoms with E-state index in [1.807, 2.05) is 0 Å². The van der Waals surface area contributed by atoms with Gasteiger partial charge in [0.15, 0.2) is 17.4 Å². The number of hydrogen-bond acceptors (Lipinski definition) is 3. The lowest BCUT2D eigenvalue weighted by molar-refractivity contribution is 0.101. The molecule has 0 aliphatic carbocycles. The summed E-state index contributed by atoms with van der Waals surface area (Å²) >= 11 is 0. The SMILES string of the molecule is CC(=O)c1cc(C#N)c(=O)[nH]c1-c1ccc(F)c(F)c1. The molecule has 0 bridgehead atoms.